The molecule has 1 saturated heterocycles. The Morgan fingerprint density at radius 1 is 1.33 bits per heavy atom. The van der Waals surface area contributed by atoms with Gasteiger partial charge in [-0.1, -0.05) is 13.0 Å². The molecule has 0 saturated carbocycles. The lowest BCUT2D eigenvalue weighted by atomic mass is 10.1. The monoisotopic (exact) mass is 344 g/mol. The van der Waals surface area contributed by atoms with E-state index in [0.717, 1.165) is 25.6 Å². The third-order valence-electron chi connectivity index (χ3n) is 4.50. The standard InChI is InChI=1S/C17H24F3N3O/c1-3-7-21-16(24)13(2)22-8-10-23(11-9-22)15-6-4-5-14(12-15)17(18,19)20/h4-6,12-13H,3,7-11H2,1-2H3,(H,21,24)/p+1/t13-/m0/s1. The highest BCUT2D eigenvalue weighted by molar-refractivity contribution is 5.79. The fraction of sp³-hybridized carbons (Fsp3) is 0.588. The number of hydrogen-bond acceptors (Lipinski definition) is 2. The molecule has 1 aliphatic heterocycles. The Hall–Kier alpha value is -1.76. The molecule has 24 heavy (non-hydrogen) atoms. The number of amides is 1. The molecule has 0 aliphatic carbocycles. The minimum Gasteiger partial charge on any atom is -0.360 e. The number of anilines is 1. The topological polar surface area (TPSA) is 36.8 Å². The highest BCUT2D eigenvalue weighted by Crippen LogP contribution is 2.31. The number of nitrogens with one attached hydrogen (secondary N) is 2. The summed E-state index contributed by atoms with van der Waals surface area (Å²) >= 11 is 0. The molecule has 1 aromatic carbocycles. The summed E-state index contributed by atoms with van der Waals surface area (Å²) in [5.41, 5.74) is -0.0333. The zero-order chi connectivity index (χ0) is 17.7. The molecule has 0 unspecified atom stereocenters. The zero-order valence-electron chi connectivity index (χ0n) is 14.1. The van der Waals surface area contributed by atoms with Crippen molar-refractivity contribution >= 4 is 11.6 Å². The van der Waals surface area contributed by atoms with Gasteiger partial charge in [-0.25, -0.2) is 0 Å². The van der Waals surface area contributed by atoms with Crippen molar-refractivity contribution in [1.29, 1.82) is 0 Å². The fourth-order valence-corrected chi connectivity index (χ4v) is 2.95. The summed E-state index contributed by atoms with van der Waals surface area (Å²) in [5, 5.41) is 2.90. The van der Waals surface area contributed by atoms with Crippen LogP contribution in [0.15, 0.2) is 24.3 Å². The molecule has 2 rings (SSSR count). The molecule has 1 aliphatic rings. The van der Waals surface area contributed by atoms with Gasteiger partial charge in [0.05, 0.1) is 31.7 Å². The number of halogens is 3. The van der Waals surface area contributed by atoms with Gasteiger partial charge in [-0.15, -0.1) is 0 Å². The molecule has 0 spiro atoms. The largest absolute Gasteiger partial charge is 0.416 e. The van der Waals surface area contributed by atoms with Crippen LogP contribution in [0.25, 0.3) is 0 Å². The first-order valence-electron chi connectivity index (χ1n) is 8.37. The number of benzene rings is 1. The Balaban J connectivity index is 1.94. The summed E-state index contributed by atoms with van der Waals surface area (Å²) in [5.74, 6) is 0.0411. The zero-order valence-corrected chi connectivity index (χ0v) is 14.1. The van der Waals surface area contributed by atoms with Crippen LogP contribution >= 0.6 is 0 Å². The number of carbonyl (C=O) groups excluding carboxylic acids is 1. The highest BCUT2D eigenvalue weighted by Gasteiger charge is 2.32. The van der Waals surface area contributed by atoms with Crippen molar-refractivity contribution in [2.24, 2.45) is 0 Å². The number of nitrogens with zero attached hydrogens (tertiary/aromatic N) is 1. The maximum atomic E-state index is 12.8. The van der Waals surface area contributed by atoms with Crippen molar-refractivity contribution in [3.63, 3.8) is 0 Å². The van der Waals surface area contributed by atoms with Crippen LogP contribution in [0.2, 0.25) is 0 Å². The van der Waals surface area contributed by atoms with E-state index in [2.05, 4.69) is 5.32 Å². The van der Waals surface area contributed by atoms with Crippen LogP contribution in [-0.4, -0.2) is 44.7 Å². The minimum absolute atomic E-state index is 0.0411. The van der Waals surface area contributed by atoms with Crippen molar-refractivity contribution in [3.8, 4) is 0 Å². The van der Waals surface area contributed by atoms with Crippen molar-refractivity contribution in [2.75, 3.05) is 37.6 Å². The average Bonchev–Trinajstić information content (AvgIpc) is 2.58. The molecular formula is C17H25F3N3O+. The smallest absolute Gasteiger partial charge is 0.360 e. The van der Waals surface area contributed by atoms with Gasteiger partial charge in [0.15, 0.2) is 6.04 Å². The molecule has 1 atom stereocenters. The fourth-order valence-electron chi connectivity index (χ4n) is 2.95. The first kappa shape index (κ1) is 18.6. The van der Waals surface area contributed by atoms with Crippen molar-refractivity contribution < 1.29 is 22.9 Å². The molecule has 1 fully saturated rings. The minimum atomic E-state index is -4.32. The predicted octanol–water partition coefficient (Wildman–Crippen LogP) is 1.33. The molecule has 1 amide bonds. The van der Waals surface area contributed by atoms with Gasteiger partial charge in [-0.2, -0.15) is 13.2 Å². The second-order valence-electron chi connectivity index (χ2n) is 6.21. The van der Waals surface area contributed by atoms with Crippen molar-refractivity contribution in [1.82, 2.24) is 5.32 Å². The normalized spacial score (nSPS) is 17.6. The third-order valence-corrected chi connectivity index (χ3v) is 4.50. The molecule has 0 radical (unpaired) electrons. The van der Waals surface area contributed by atoms with Crippen LogP contribution in [0.4, 0.5) is 18.9 Å². The Bertz CT molecular complexity index is 554. The van der Waals surface area contributed by atoms with Crippen LogP contribution in [0.5, 0.6) is 0 Å². The van der Waals surface area contributed by atoms with E-state index in [9.17, 15) is 18.0 Å². The summed E-state index contributed by atoms with van der Waals surface area (Å²) in [6.45, 7) is 7.33. The quantitative estimate of drug-likeness (QED) is 0.846. The summed E-state index contributed by atoms with van der Waals surface area (Å²) < 4.78 is 38.5. The molecule has 1 heterocycles. The van der Waals surface area contributed by atoms with Gasteiger partial charge < -0.3 is 15.1 Å². The number of piperazine rings is 1. The molecule has 134 valence electrons. The number of hydrogen-bond donors (Lipinski definition) is 2. The van der Waals surface area contributed by atoms with E-state index in [1.807, 2.05) is 18.7 Å². The average molecular weight is 344 g/mol. The Morgan fingerprint density at radius 2 is 2.00 bits per heavy atom. The molecule has 1 aromatic rings. The van der Waals surface area contributed by atoms with E-state index in [0.29, 0.717) is 25.3 Å². The van der Waals surface area contributed by atoms with Gasteiger partial charge in [0.1, 0.15) is 0 Å². The highest BCUT2D eigenvalue weighted by atomic mass is 19.4. The Kier molecular flexibility index (Phi) is 6.10. The van der Waals surface area contributed by atoms with Crippen LogP contribution in [0, 0.1) is 0 Å². The lowest BCUT2D eigenvalue weighted by Crippen LogP contribution is -3.19. The van der Waals surface area contributed by atoms with E-state index >= 15 is 0 Å². The molecule has 4 nitrogen and oxygen atoms in total. The number of carbonyl (C=O) groups is 1. The second kappa shape index (κ2) is 7.88. The van der Waals surface area contributed by atoms with E-state index < -0.39 is 11.7 Å². The molecule has 7 heteroatoms. The van der Waals surface area contributed by atoms with Crippen molar-refractivity contribution in [3.05, 3.63) is 29.8 Å². The van der Waals surface area contributed by atoms with Gasteiger partial charge >= 0.3 is 6.18 Å². The van der Waals surface area contributed by atoms with Crippen LogP contribution in [-0.2, 0) is 11.0 Å². The first-order valence-corrected chi connectivity index (χ1v) is 8.37. The predicted molar refractivity (Wildman–Crippen MR) is 87.1 cm³/mol. The lowest BCUT2D eigenvalue weighted by Gasteiger charge is -2.36. The summed E-state index contributed by atoms with van der Waals surface area (Å²) in [6.07, 6.45) is -3.42. The van der Waals surface area contributed by atoms with Crippen molar-refractivity contribution in [2.45, 2.75) is 32.5 Å². The summed E-state index contributed by atoms with van der Waals surface area (Å²) in [4.78, 5) is 15.2. The van der Waals surface area contributed by atoms with Gasteiger partial charge in [0.25, 0.3) is 5.91 Å². The maximum absolute atomic E-state index is 12.8. The summed E-state index contributed by atoms with van der Waals surface area (Å²) in [7, 11) is 0. The SMILES string of the molecule is CCCNC(=O)[C@H](C)[NH+]1CCN(c2cccc(C(F)(F)F)c2)CC1. The lowest BCUT2D eigenvalue weighted by molar-refractivity contribution is -0.914. The Labute approximate surface area is 140 Å². The van der Waals surface area contributed by atoms with Crippen LogP contribution in [0.3, 0.4) is 0 Å². The van der Waals surface area contributed by atoms with Gasteiger partial charge in [0.2, 0.25) is 0 Å². The van der Waals surface area contributed by atoms with E-state index in [1.54, 1.807) is 6.07 Å². The second-order valence-corrected chi connectivity index (χ2v) is 6.21. The van der Waals surface area contributed by atoms with Gasteiger partial charge in [0, 0.05) is 12.2 Å². The van der Waals surface area contributed by atoms with Crippen LogP contribution in [0.1, 0.15) is 25.8 Å². The molecule has 0 bridgehead atoms. The molecule has 2 N–H and O–H groups in total. The Morgan fingerprint density at radius 3 is 2.58 bits per heavy atom. The number of quaternary nitrogens is 1. The van der Waals surface area contributed by atoms with Crippen LogP contribution < -0.4 is 15.1 Å². The van der Waals surface area contributed by atoms with E-state index in [4.69, 9.17) is 0 Å². The number of alkyl halides is 3. The van der Waals surface area contributed by atoms with E-state index in [1.165, 1.54) is 17.0 Å². The maximum Gasteiger partial charge on any atom is 0.416 e. The van der Waals surface area contributed by atoms with Gasteiger partial charge in [-0.3, -0.25) is 4.79 Å². The number of rotatable bonds is 5. The third kappa shape index (κ3) is 4.63. The molecule has 0 aromatic heterocycles. The summed E-state index contributed by atoms with van der Waals surface area (Å²) in [6, 6.07) is 5.30. The first-order chi connectivity index (χ1) is 11.3. The van der Waals surface area contributed by atoms with Gasteiger partial charge in [-0.05, 0) is 31.5 Å². The van der Waals surface area contributed by atoms with E-state index in [-0.39, 0.29) is 11.9 Å². The molecular weight excluding hydrogens is 319 g/mol.